The van der Waals surface area contributed by atoms with Crippen molar-refractivity contribution < 1.29 is 0 Å². The van der Waals surface area contributed by atoms with Crippen molar-refractivity contribution in [3.8, 4) is 6.07 Å². The van der Waals surface area contributed by atoms with Crippen LogP contribution in [0.4, 0.5) is 5.69 Å². The first-order chi connectivity index (χ1) is 9.46. The number of nitrogens with zero attached hydrogens (tertiary/aromatic N) is 2. The van der Waals surface area contributed by atoms with Crippen LogP contribution in [0.15, 0.2) is 18.2 Å². The highest BCUT2D eigenvalue weighted by Gasteiger charge is 2.39. The Morgan fingerprint density at radius 3 is 2.85 bits per heavy atom. The normalized spacial score (nSPS) is 25.4. The molecule has 2 unspecified atom stereocenters. The van der Waals surface area contributed by atoms with E-state index in [1.807, 2.05) is 0 Å². The number of hydrogen-bond donors (Lipinski definition) is 1. The maximum atomic E-state index is 9.26. The summed E-state index contributed by atoms with van der Waals surface area (Å²) in [5.74, 6) is 0.334. The zero-order valence-electron chi connectivity index (χ0n) is 12.8. The minimum Gasteiger partial charge on any atom is -0.374 e. The summed E-state index contributed by atoms with van der Waals surface area (Å²) < 4.78 is 0. The van der Waals surface area contributed by atoms with E-state index >= 15 is 0 Å². The highest BCUT2D eigenvalue weighted by Crippen LogP contribution is 2.36. The second-order valence-electron chi connectivity index (χ2n) is 6.24. The Morgan fingerprint density at radius 2 is 2.20 bits per heavy atom. The van der Waals surface area contributed by atoms with Crippen LogP contribution in [-0.4, -0.2) is 19.1 Å². The van der Waals surface area contributed by atoms with Crippen molar-refractivity contribution in [2.45, 2.75) is 45.1 Å². The van der Waals surface area contributed by atoms with Gasteiger partial charge < -0.3 is 10.6 Å². The summed E-state index contributed by atoms with van der Waals surface area (Å²) in [6.07, 6.45) is 4.02. The van der Waals surface area contributed by atoms with Gasteiger partial charge in [0.2, 0.25) is 0 Å². The van der Waals surface area contributed by atoms with Crippen molar-refractivity contribution in [3.63, 3.8) is 0 Å². The average molecular weight is 271 g/mol. The molecule has 1 fully saturated rings. The van der Waals surface area contributed by atoms with E-state index in [9.17, 15) is 5.26 Å². The van der Waals surface area contributed by atoms with Crippen LogP contribution >= 0.6 is 0 Å². The van der Waals surface area contributed by atoms with Crippen LogP contribution in [0.3, 0.4) is 0 Å². The van der Waals surface area contributed by atoms with Crippen molar-refractivity contribution in [3.05, 3.63) is 29.3 Å². The molecule has 0 aromatic heterocycles. The number of nitriles is 1. The zero-order valence-corrected chi connectivity index (χ0v) is 12.8. The molecular formula is C17H25N3. The van der Waals surface area contributed by atoms with Crippen LogP contribution < -0.4 is 10.6 Å². The highest BCUT2D eigenvalue weighted by atomic mass is 15.1. The summed E-state index contributed by atoms with van der Waals surface area (Å²) in [4.78, 5) is 2.28. The van der Waals surface area contributed by atoms with Crippen LogP contribution in [0, 0.1) is 31.1 Å². The lowest BCUT2D eigenvalue weighted by atomic mass is 9.87. The van der Waals surface area contributed by atoms with Gasteiger partial charge in [-0.05, 0) is 50.7 Å². The Morgan fingerprint density at radius 1 is 1.45 bits per heavy atom. The van der Waals surface area contributed by atoms with Crippen molar-refractivity contribution in [2.24, 2.45) is 11.7 Å². The SMILES string of the molecule is Cc1ccc(N(C)CCC2CCCC2(N)C#N)c(C)c1. The van der Waals surface area contributed by atoms with Crippen molar-refractivity contribution in [1.82, 2.24) is 0 Å². The van der Waals surface area contributed by atoms with Crippen LogP contribution in [0.5, 0.6) is 0 Å². The fourth-order valence-electron chi connectivity index (χ4n) is 3.36. The Kier molecular flexibility index (Phi) is 4.35. The molecule has 1 aliphatic carbocycles. The number of aryl methyl sites for hydroxylation is 2. The van der Waals surface area contributed by atoms with Gasteiger partial charge in [-0.2, -0.15) is 5.26 Å². The maximum absolute atomic E-state index is 9.26. The topological polar surface area (TPSA) is 53.0 Å². The Bertz CT molecular complexity index is 517. The first kappa shape index (κ1) is 14.9. The summed E-state index contributed by atoms with van der Waals surface area (Å²) in [6.45, 7) is 5.22. The summed E-state index contributed by atoms with van der Waals surface area (Å²) in [5.41, 5.74) is 9.47. The number of hydrogen-bond acceptors (Lipinski definition) is 3. The molecule has 0 amide bonds. The summed E-state index contributed by atoms with van der Waals surface area (Å²) >= 11 is 0. The molecule has 1 aliphatic rings. The van der Waals surface area contributed by atoms with Gasteiger partial charge in [-0.15, -0.1) is 0 Å². The van der Waals surface area contributed by atoms with Gasteiger partial charge in [-0.3, -0.25) is 0 Å². The smallest absolute Gasteiger partial charge is 0.107 e. The molecule has 1 aromatic carbocycles. The van der Waals surface area contributed by atoms with Gasteiger partial charge in [0.05, 0.1) is 6.07 Å². The second-order valence-corrected chi connectivity index (χ2v) is 6.24. The molecule has 20 heavy (non-hydrogen) atoms. The molecule has 3 nitrogen and oxygen atoms in total. The third-order valence-corrected chi connectivity index (χ3v) is 4.66. The van der Waals surface area contributed by atoms with Gasteiger partial charge in [0, 0.05) is 19.3 Å². The Balaban J connectivity index is 1.99. The highest BCUT2D eigenvalue weighted by molar-refractivity contribution is 5.53. The molecule has 2 N–H and O–H groups in total. The predicted octanol–water partition coefficient (Wildman–Crippen LogP) is 3.15. The van der Waals surface area contributed by atoms with Gasteiger partial charge in [0.25, 0.3) is 0 Å². The molecule has 2 atom stereocenters. The molecule has 0 heterocycles. The van der Waals surface area contributed by atoms with Crippen LogP contribution in [0.1, 0.15) is 36.8 Å². The van der Waals surface area contributed by atoms with Gasteiger partial charge in [-0.1, -0.05) is 24.1 Å². The molecule has 0 radical (unpaired) electrons. The quantitative estimate of drug-likeness (QED) is 0.915. The minimum absolute atomic E-state index is 0.334. The monoisotopic (exact) mass is 271 g/mol. The van der Waals surface area contributed by atoms with E-state index in [0.29, 0.717) is 5.92 Å². The standard InChI is InChI=1S/C17H25N3/c1-13-6-7-16(14(2)11-13)20(3)10-8-15-5-4-9-17(15,19)12-18/h6-7,11,15H,4-5,8-10,19H2,1-3H3. The predicted molar refractivity (Wildman–Crippen MR) is 83.7 cm³/mol. The first-order valence-electron chi connectivity index (χ1n) is 7.45. The van der Waals surface area contributed by atoms with Gasteiger partial charge in [0.15, 0.2) is 0 Å². The number of rotatable bonds is 4. The molecule has 0 saturated heterocycles. The Hall–Kier alpha value is -1.53. The molecular weight excluding hydrogens is 246 g/mol. The molecule has 2 rings (SSSR count). The van der Waals surface area contributed by atoms with E-state index in [-0.39, 0.29) is 0 Å². The maximum Gasteiger partial charge on any atom is 0.107 e. The molecule has 1 aromatic rings. The largest absolute Gasteiger partial charge is 0.374 e. The third-order valence-electron chi connectivity index (χ3n) is 4.66. The molecule has 108 valence electrons. The zero-order chi connectivity index (χ0) is 14.8. The number of benzene rings is 1. The van der Waals surface area contributed by atoms with E-state index in [2.05, 4.69) is 50.1 Å². The van der Waals surface area contributed by atoms with E-state index in [1.54, 1.807) is 0 Å². The molecule has 0 aliphatic heterocycles. The van der Waals surface area contributed by atoms with Gasteiger partial charge in [-0.25, -0.2) is 0 Å². The third kappa shape index (κ3) is 2.96. The van der Waals surface area contributed by atoms with Crippen LogP contribution in [0.2, 0.25) is 0 Å². The number of anilines is 1. The summed E-state index contributed by atoms with van der Waals surface area (Å²) in [5, 5.41) is 9.26. The lowest BCUT2D eigenvalue weighted by Crippen LogP contribution is -2.42. The summed E-state index contributed by atoms with van der Waals surface area (Å²) in [7, 11) is 2.12. The Labute approximate surface area is 122 Å². The fraction of sp³-hybridized carbons (Fsp3) is 0.588. The van der Waals surface area contributed by atoms with Gasteiger partial charge >= 0.3 is 0 Å². The number of nitrogens with two attached hydrogens (primary N) is 1. The van der Waals surface area contributed by atoms with E-state index in [1.165, 1.54) is 16.8 Å². The van der Waals surface area contributed by atoms with E-state index in [0.717, 1.165) is 32.2 Å². The van der Waals surface area contributed by atoms with Crippen LogP contribution in [0.25, 0.3) is 0 Å². The molecule has 1 saturated carbocycles. The molecule has 0 spiro atoms. The van der Waals surface area contributed by atoms with E-state index in [4.69, 9.17) is 5.73 Å². The average Bonchev–Trinajstić information content (AvgIpc) is 2.78. The molecule has 0 bridgehead atoms. The second kappa shape index (κ2) is 5.85. The van der Waals surface area contributed by atoms with Crippen molar-refractivity contribution in [2.75, 3.05) is 18.5 Å². The minimum atomic E-state index is -0.594. The lowest BCUT2D eigenvalue weighted by Gasteiger charge is -2.28. The molecule has 3 heteroatoms. The van der Waals surface area contributed by atoms with E-state index < -0.39 is 5.54 Å². The summed E-state index contributed by atoms with van der Waals surface area (Å²) in [6, 6.07) is 8.87. The first-order valence-corrected chi connectivity index (χ1v) is 7.45. The lowest BCUT2D eigenvalue weighted by molar-refractivity contribution is 0.376. The van der Waals surface area contributed by atoms with Crippen molar-refractivity contribution >= 4 is 5.69 Å². The van der Waals surface area contributed by atoms with Gasteiger partial charge in [0.1, 0.15) is 5.54 Å². The van der Waals surface area contributed by atoms with Crippen LogP contribution in [-0.2, 0) is 0 Å². The fourth-order valence-corrected chi connectivity index (χ4v) is 3.36. The van der Waals surface area contributed by atoms with Crippen molar-refractivity contribution in [1.29, 1.82) is 5.26 Å².